The summed E-state index contributed by atoms with van der Waals surface area (Å²) in [7, 11) is 2.13. The number of carbonyl (C=O) groups is 1. The molecule has 1 unspecified atom stereocenters. The van der Waals surface area contributed by atoms with Gasteiger partial charge in [-0.2, -0.15) is 0 Å². The second kappa shape index (κ2) is 17.1. The van der Waals surface area contributed by atoms with Gasteiger partial charge < -0.3 is 21.4 Å². The van der Waals surface area contributed by atoms with Gasteiger partial charge in [-0.15, -0.1) is 0 Å². The Morgan fingerprint density at radius 3 is 2.43 bits per heavy atom. The lowest BCUT2D eigenvalue weighted by molar-refractivity contribution is -0.121. The predicted octanol–water partition coefficient (Wildman–Crippen LogP) is 2.07. The van der Waals surface area contributed by atoms with Gasteiger partial charge in [0.2, 0.25) is 5.91 Å². The summed E-state index contributed by atoms with van der Waals surface area (Å²) in [5.41, 5.74) is 8.73. The van der Waals surface area contributed by atoms with Gasteiger partial charge in [0.25, 0.3) is 0 Å². The number of hydrogen-bond donors (Lipinski definition) is 4. The number of nitrogens with zero attached hydrogens (tertiary/aromatic N) is 1. The van der Waals surface area contributed by atoms with Gasteiger partial charge in [-0.3, -0.25) is 10.6 Å². The van der Waals surface area contributed by atoms with E-state index in [4.69, 9.17) is 11.6 Å². The molecule has 1 fully saturated rings. The van der Waals surface area contributed by atoms with Crippen LogP contribution in [0.15, 0.2) is 11.9 Å². The molecule has 0 saturated carbocycles. The number of nitrogens with one attached hydrogen (secondary N) is 2. The van der Waals surface area contributed by atoms with E-state index in [2.05, 4.69) is 22.7 Å². The molecule has 6 N–H and O–H groups in total. The summed E-state index contributed by atoms with van der Waals surface area (Å²) in [6.07, 6.45) is 6.79. The zero-order valence-corrected chi connectivity index (χ0v) is 15.8. The summed E-state index contributed by atoms with van der Waals surface area (Å²) >= 11 is 0. The molecule has 1 aliphatic rings. The molecule has 1 rings (SSSR count). The molecule has 1 aliphatic heterocycles. The van der Waals surface area contributed by atoms with E-state index in [-0.39, 0.29) is 5.91 Å². The van der Waals surface area contributed by atoms with Gasteiger partial charge in [-0.05, 0) is 52.2 Å². The number of carbonyl (C=O) groups excluding carboxylic acids is 1. The van der Waals surface area contributed by atoms with Crippen molar-refractivity contribution >= 4 is 5.91 Å². The van der Waals surface area contributed by atoms with Crippen LogP contribution in [0.2, 0.25) is 0 Å². The average molecular weight is 330 g/mol. The van der Waals surface area contributed by atoms with E-state index < -0.39 is 0 Å². The third-order valence-corrected chi connectivity index (χ3v) is 3.45. The van der Waals surface area contributed by atoms with E-state index in [1.165, 1.54) is 0 Å². The lowest BCUT2D eigenvalue weighted by Gasteiger charge is -2.16. The summed E-state index contributed by atoms with van der Waals surface area (Å²) in [5, 5.41) is 3.12. The molecule has 6 nitrogen and oxygen atoms in total. The first-order valence-electron chi connectivity index (χ1n) is 9.00. The molecule has 1 heterocycles. The quantitative estimate of drug-likeness (QED) is 0.442. The fourth-order valence-electron chi connectivity index (χ4n) is 2.32. The Morgan fingerprint density at radius 2 is 1.83 bits per heavy atom. The Labute approximate surface area is 143 Å². The minimum Gasteiger partial charge on any atom is -0.401 e. The van der Waals surface area contributed by atoms with Crippen molar-refractivity contribution in [3.8, 4) is 0 Å². The maximum Gasteiger partial charge on any atom is 0.220 e. The number of hydrogen-bond acceptors (Lipinski definition) is 5. The minimum atomic E-state index is 0.128. The highest BCUT2D eigenvalue weighted by Crippen LogP contribution is 2.10. The number of rotatable bonds is 6. The van der Waals surface area contributed by atoms with Gasteiger partial charge in [0.05, 0.1) is 0 Å². The summed E-state index contributed by atoms with van der Waals surface area (Å²) in [5.74, 6) is 5.25. The van der Waals surface area contributed by atoms with Crippen LogP contribution < -0.4 is 22.3 Å². The standard InChI is InChI=1S/C13H27N5O.2C2H6/c1-18-8-3-5-12(7-9-18)17-13(19)6-2-4-11(14)10-16-15;2*1-2/h10,12,16H,2-9,14-15H2,1H3,(H,17,19);2*1-2H3/b11-10-;;. The van der Waals surface area contributed by atoms with Gasteiger partial charge >= 0.3 is 0 Å². The van der Waals surface area contributed by atoms with Crippen LogP contribution in [0.1, 0.15) is 66.2 Å². The maximum atomic E-state index is 11.8. The van der Waals surface area contributed by atoms with Crippen LogP contribution in [-0.2, 0) is 4.79 Å². The Bertz CT molecular complexity index is 307. The summed E-state index contributed by atoms with van der Waals surface area (Å²) in [6.45, 7) is 10.2. The van der Waals surface area contributed by atoms with Crippen molar-refractivity contribution in [1.29, 1.82) is 0 Å². The summed E-state index contributed by atoms with van der Waals surface area (Å²) < 4.78 is 0. The Balaban J connectivity index is 0. The van der Waals surface area contributed by atoms with Gasteiger partial charge in [0, 0.05) is 24.4 Å². The monoisotopic (exact) mass is 329 g/mol. The van der Waals surface area contributed by atoms with Gasteiger partial charge in [0.1, 0.15) is 0 Å². The highest BCUT2D eigenvalue weighted by Gasteiger charge is 2.16. The number of nitrogens with two attached hydrogens (primary N) is 2. The largest absolute Gasteiger partial charge is 0.401 e. The zero-order chi connectivity index (χ0) is 18.1. The molecule has 0 radical (unpaired) electrons. The molecule has 0 aromatic rings. The van der Waals surface area contributed by atoms with Crippen LogP contribution in [0.4, 0.5) is 0 Å². The van der Waals surface area contributed by atoms with E-state index in [9.17, 15) is 4.79 Å². The average Bonchev–Trinajstić information content (AvgIpc) is 2.76. The van der Waals surface area contributed by atoms with E-state index in [0.29, 0.717) is 24.6 Å². The van der Waals surface area contributed by atoms with Crippen molar-refractivity contribution in [2.45, 2.75) is 72.3 Å². The lowest BCUT2D eigenvalue weighted by Crippen LogP contribution is -2.35. The maximum absolute atomic E-state index is 11.8. The van der Waals surface area contributed by atoms with E-state index in [1.54, 1.807) is 6.20 Å². The topological polar surface area (TPSA) is 96.4 Å². The van der Waals surface area contributed by atoms with Gasteiger partial charge in [-0.25, -0.2) is 0 Å². The molecule has 23 heavy (non-hydrogen) atoms. The van der Waals surface area contributed by atoms with Crippen molar-refractivity contribution in [3.05, 3.63) is 11.9 Å². The number of likely N-dealkylation sites (tertiary alicyclic amines) is 1. The molecule has 0 aliphatic carbocycles. The van der Waals surface area contributed by atoms with Crippen LogP contribution >= 0.6 is 0 Å². The van der Waals surface area contributed by atoms with Crippen LogP contribution in [0, 0.1) is 0 Å². The predicted molar refractivity (Wildman–Crippen MR) is 99.4 cm³/mol. The molecule has 0 aromatic heterocycles. The van der Waals surface area contributed by atoms with Crippen molar-refractivity contribution in [1.82, 2.24) is 15.6 Å². The van der Waals surface area contributed by atoms with E-state index in [0.717, 1.165) is 38.8 Å². The van der Waals surface area contributed by atoms with E-state index in [1.807, 2.05) is 27.7 Å². The smallest absolute Gasteiger partial charge is 0.220 e. The Kier molecular flexibility index (Phi) is 17.8. The van der Waals surface area contributed by atoms with Crippen LogP contribution in [0.25, 0.3) is 0 Å². The fourth-order valence-corrected chi connectivity index (χ4v) is 2.32. The number of hydrazine groups is 1. The highest BCUT2D eigenvalue weighted by atomic mass is 16.1. The molecule has 0 bridgehead atoms. The van der Waals surface area contributed by atoms with E-state index >= 15 is 0 Å². The molecule has 1 atom stereocenters. The van der Waals surface area contributed by atoms with Crippen molar-refractivity contribution in [2.24, 2.45) is 11.6 Å². The zero-order valence-electron chi connectivity index (χ0n) is 15.8. The highest BCUT2D eigenvalue weighted by molar-refractivity contribution is 5.76. The molecule has 6 heteroatoms. The molecule has 0 spiro atoms. The van der Waals surface area contributed by atoms with Crippen LogP contribution in [0.3, 0.4) is 0 Å². The molecule has 1 amide bonds. The van der Waals surface area contributed by atoms with Gasteiger partial charge in [0.15, 0.2) is 0 Å². The molecule has 1 saturated heterocycles. The fraction of sp³-hybridized carbons (Fsp3) is 0.824. The molecular formula is C17H39N5O. The lowest BCUT2D eigenvalue weighted by atomic mass is 10.1. The molecular weight excluding hydrogens is 290 g/mol. The van der Waals surface area contributed by atoms with Gasteiger partial charge in [-0.1, -0.05) is 27.7 Å². The summed E-state index contributed by atoms with van der Waals surface area (Å²) in [6, 6.07) is 0.330. The first-order chi connectivity index (χ1) is 11.1. The van der Waals surface area contributed by atoms with Crippen LogP contribution in [0.5, 0.6) is 0 Å². The van der Waals surface area contributed by atoms with Crippen molar-refractivity contribution in [2.75, 3.05) is 20.1 Å². The van der Waals surface area contributed by atoms with Crippen molar-refractivity contribution < 1.29 is 4.79 Å². The SMILES string of the molecule is CC.CC.CN1CCCC(NC(=O)CCC/C(N)=C/NN)CC1. The number of amides is 1. The normalized spacial score (nSPS) is 18.5. The first-order valence-corrected chi connectivity index (χ1v) is 9.00. The van der Waals surface area contributed by atoms with Crippen molar-refractivity contribution in [3.63, 3.8) is 0 Å². The number of allylic oxidation sites excluding steroid dienone is 1. The minimum absolute atomic E-state index is 0.128. The Morgan fingerprint density at radius 1 is 1.17 bits per heavy atom. The molecule has 0 aromatic carbocycles. The Hall–Kier alpha value is -1.27. The first kappa shape index (κ1) is 24.0. The second-order valence-electron chi connectivity index (χ2n) is 5.24. The van der Waals surface area contributed by atoms with Crippen LogP contribution in [-0.4, -0.2) is 37.0 Å². The third-order valence-electron chi connectivity index (χ3n) is 3.45. The molecule has 138 valence electrons. The third kappa shape index (κ3) is 14.1. The second-order valence-corrected chi connectivity index (χ2v) is 5.24. The summed E-state index contributed by atoms with van der Waals surface area (Å²) in [4.78, 5) is 14.1.